The highest BCUT2D eigenvalue weighted by Gasteiger charge is 2.12. The Morgan fingerprint density at radius 1 is 0.939 bits per heavy atom. The number of rotatable bonds is 10. The maximum absolute atomic E-state index is 12.3. The Morgan fingerprint density at radius 3 is 2.45 bits per heavy atom. The van der Waals surface area contributed by atoms with Gasteiger partial charge in [0.2, 0.25) is 5.91 Å². The van der Waals surface area contributed by atoms with Crippen molar-refractivity contribution in [3.05, 3.63) is 59.1 Å². The van der Waals surface area contributed by atoms with Crippen LogP contribution in [0.5, 0.6) is 17.2 Å². The molecule has 0 fully saturated rings. The van der Waals surface area contributed by atoms with Crippen LogP contribution in [0.1, 0.15) is 11.3 Å². The van der Waals surface area contributed by atoms with Crippen molar-refractivity contribution in [3.63, 3.8) is 0 Å². The van der Waals surface area contributed by atoms with Crippen LogP contribution in [0.15, 0.2) is 47.8 Å². The van der Waals surface area contributed by atoms with E-state index in [0.29, 0.717) is 46.7 Å². The average molecular weight is 471 g/mol. The molecule has 0 aliphatic carbocycles. The second-order valence-electron chi connectivity index (χ2n) is 6.89. The van der Waals surface area contributed by atoms with Crippen LogP contribution in [0.25, 0.3) is 0 Å². The van der Waals surface area contributed by atoms with Crippen molar-refractivity contribution in [1.82, 2.24) is 10.3 Å². The van der Waals surface area contributed by atoms with Crippen molar-refractivity contribution in [2.45, 2.75) is 12.8 Å². The number of hydrogen-bond donors (Lipinski definition) is 3. The van der Waals surface area contributed by atoms with E-state index < -0.39 is 6.03 Å². The number of amides is 3. The molecule has 3 rings (SSSR count). The van der Waals surface area contributed by atoms with E-state index in [0.717, 1.165) is 5.56 Å². The summed E-state index contributed by atoms with van der Waals surface area (Å²) >= 11 is 1.25. The van der Waals surface area contributed by atoms with Crippen molar-refractivity contribution >= 4 is 34.1 Å². The first-order valence-corrected chi connectivity index (χ1v) is 11.0. The third-order valence-corrected chi connectivity index (χ3v) is 5.46. The van der Waals surface area contributed by atoms with Gasteiger partial charge in [-0.25, -0.2) is 9.78 Å². The van der Waals surface area contributed by atoms with E-state index >= 15 is 0 Å². The number of carbonyl (C=O) groups is 2. The Labute approximate surface area is 196 Å². The summed E-state index contributed by atoms with van der Waals surface area (Å²) in [4.78, 5) is 28.8. The quantitative estimate of drug-likeness (QED) is 0.417. The largest absolute Gasteiger partial charge is 0.495 e. The van der Waals surface area contributed by atoms with Gasteiger partial charge >= 0.3 is 6.03 Å². The lowest BCUT2D eigenvalue weighted by Gasteiger charge is -2.10. The van der Waals surface area contributed by atoms with Crippen LogP contribution in [0.4, 0.5) is 15.6 Å². The third kappa shape index (κ3) is 6.84. The minimum absolute atomic E-state index is 0.123. The van der Waals surface area contributed by atoms with Crippen molar-refractivity contribution in [2.75, 3.05) is 38.5 Å². The Balaban J connectivity index is 1.45. The maximum Gasteiger partial charge on any atom is 0.325 e. The lowest BCUT2D eigenvalue weighted by Crippen LogP contribution is -2.27. The number of carbonyl (C=O) groups excluding carboxylic acids is 2. The van der Waals surface area contributed by atoms with Gasteiger partial charge in [0.25, 0.3) is 0 Å². The highest BCUT2D eigenvalue weighted by Crippen LogP contribution is 2.27. The van der Waals surface area contributed by atoms with E-state index in [2.05, 4.69) is 20.9 Å². The number of aromatic nitrogens is 1. The number of nitrogens with zero attached hydrogens (tertiary/aromatic N) is 1. The Bertz CT molecular complexity index is 1100. The first-order valence-electron chi connectivity index (χ1n) is 10.2. The molecule has 3 aromatic rings. The SMILES string of the molecule is COc1ccccc1NC(=O)Nc1nc(CC(=O)NCCc2ccc(OC)c(OC)c2)cs1. The molecule has 33 heavy (non-hydrogen) atoms. The van der Waals surface area contributed by atoms with Gasteiger partial charge in [-0.3, -0.25) is 10.1 Å². The molecular formula is C23H26N4O5S. The van der Waals surface area contributed by atoms with Crippen LogP contribution in [-0.2, 0) is 17.6 Å². The molecule has 2 aromatic carbocycles. The first-order chi connectivity index (χ1) is 16.0. The lowest BCUT2D eigenvalue weighted by atomic mass is 10.1. The summed E-state index contributed by atoms with van der Waals surface area (Å²) in [5, 5.41) is 10.4. The van der Waals surface area contributed by atoms with Crippen molar-refractivity contribution in [2.24, 2.45) is 0 Å². The molecule has 1 aromatic heterocycles. The van der Waals surface area contributed by atoms with Crippen LogP contribution in [0.2, 0.25) is 0 Å². The van der Waals surface area contributed by atoms with E-state index in [1.807, 2.05) is 24.3 Å². The molecule has 9 nitrogen and oxygen atoms in total. The van der Waals surface area contributed by atoms with Crippen LogP contribution in [0.3, 0.4) is 0 Å². The van der Waals surface area contributed by atoms with Gasteiger partial charge in [-0.15, -0.1) is 11.3 Å². The van der Waals surface area contributed by atoms with Crippen molar-refractivity contribution in [3.8, 4) is 17.2 Å². The fourth-order valence-corrected chi connectivity index (χ4v) is 3.76. The van der Waals surface area contributed by atoms with Crippen LogP contribution in [-0.4, -0.2) is 44.8 Å². The van der Waals surface area contributed by atoms with Gasteiger partial charge in [0, 0.05) is 11.9 Å². The second-order valence-corrected chi connectivity index (χ2v) is 7.75. The molecule has 0 aliphatic rings. The number of urea groups is 1. The molecule has 10 heteroatoms. The van der Waals surface area contributed by atoms with Gasteiger partial charge < -0.3 is 24.8 Å². The van der Waals surface area contributed by atoms with Gasteiger partial charge in [0.1, 0.15) is 5.75 Å². The van der Waals surface area contributed by atoms with Crippen molar-refractivity contribution < 1.29 is 23.8 Å². The molecule has 3 N–H and O–H groups in total. The first kappa shape index (κ1) is 23.9. The Morgan fingerprint density at radius 2 is 1.70 bits per heavy atom. The normalized spacial score (nSPS) is 10.3. The predicted octanol–water partition coefficient (Wildman–Crippen LogP) is 3.71. The van der Waals surface area contributed by atoms with E-state index in [-0.39, 0.29) is 12.3 Å². The number of para-hydroxylation sites is 2. The minimum atomic E-state index is -0.445. The van der Waals surface area contributed by atoms with Gasteiger partial charge in [-0.2, -0.15) is 0 Å². The number of ether oxygens (including phenoxy) is 3. The predicted molar refractivity (Wildman–Crippen MR) is 128 cm³/mol. The second kappa shape index (κ2) is 11.7. The lowest BCUT2D eigenvalue weighted by molar-refractivity contribution is -0.120. The highest BCUT2D eigenvalue weighted by atomic mass is 32.1. The molecule has 0 saturated heterocycles. The number of anilines is 2. The molecule has 0 bridgehead atoms. The van der Waals surface area contributed by atoms with Crippen LogP contribution in [0, 0.1) is 0 Å². The zero-order valence-corrected chi connectivity index (χ0v) is 19.5. The molecule has 3 amide bonds. The third-order valence-electron chi connectivity index (χ3n) is 4.65. The fraction of sp³-hybridized carbons (Fsp3) is 0.261. The molecule has 0 unspecified atom stereocenters. The summed E-state index contributed by atoms with van der Waals surface area (Å²) in [6.45, 7) is 0.477. The van der Waals surface area contributed by atoms with Crippen molar-refractivity contribution in [1.29, 1.82) is 0 Å². The van der Waals surface area contributed by atoms with Crippen LogP contribution < -0.4 is 30.2 Å². The number of thiazole rings is 1. The summed E-state index contributed by atoms with van der Waals surface area (Å²) in [6.07, 6.45) is 0.775. The Hall–Kier alpha value is -3.79. The monoisotopic (exact) mass is 470 g/mol. The van der Waals surface area contributed by atoms with Gasteiger partial charge in [0.05, 0.1) is 39.1 Å². The molecule has 0 atom stereocenters. The molecule has 0 spiro atoms. The molecule has 0 radical (unpaired) electrons. The summed E-state index contributed by atoms with van der Waals surface area (Å²) < 4.78 is 15.7. The zero-order valence-electron chi connectivity index (χ0n) is 18.6. The number of benzene rings is 2. The van der Waals surface area contributed by atoms with Gasteiger partial charge in [-0.05, 0) is 36.2 Å². The maximum atomic E-state index is 12.3. The summed E-state index contributed by atoms with van der Waals surface area (Å²) in [6, 6.07) is 12.3. The number of hydrogen-bond acceptors (Lipinski definition) is 7. The standard InChI is InChI=1S/C23H26N4O5S/c1-30-18-7-5-4-6-17(18)26-22(29)27-23-25-16(14-33-23)13-21(28)24-11-10-15-8-9-19(31-2)20(12-15)32-3/h4-9,12,14H,10-11,13H2,1-3H3,(H,24,28)(H2,25,26,27,29). The summed E-state index contributed by atoms with van der Waals surface area (Å²) in [5.41, 5.74) is 2.15. The fourth-order valence-electron chi connectivity index (χ4n) is 3.05. The molecule has 1 heterocycles. The van der Waals surface area contributed by atoms with E-state index in [1.54, 1.807) is 37.8 Å². The topological polar surface area (TPSA) is 111 Å². The van der Waals surface area contributed by atoms with E-state index in [9.17, 15) is 9.59 Å². The smallest absolute Gasteiger partial charge is 0.325 e. The minimum Gasteiger partial charge on any atom is -0.495 e. The molecule has 174 valence electrons. The average Bonchev–Trinajstić information content (AvgIpc) is 3.25. The summed E-state index contributed by atoms with van der Waals surface area (Å²) in [7, 11) is 4.71. The van der Waals surface area contributed by atoms with E-state index in [4.69, 9.17) is 14.2 Å². The Kier molecular flexibility index (Phi) is 8.48. The molecule has 0 saturated carbocycles. The molecule has 0 aliphatic heterocycles. The summed E-state index contributed by atoms with van der Waals surface area (Å²) in [5.74, 6) is 1.72. The number of methoxy groups -OCH3 is 3. The van der Waals surface area contributed by atoms with E-state index in [1.165, 1.54) is 18.4 Å². The van der Waals surface area contributed by atoms with Crippen LogP contribution >= 0.6 is 11.3 Å². The van der Waals surface area contributed by atoms with Gasteiger partial charge in [0.15, 0.2) is 16.6 Å². The molecular weight excluding hydrogens is 444 g/mol. The van der Waals surface area contributed by atoms with Gasteiger partial charge in [-0.1, -0.05) is 18.2 Å². The number of nitrogens with one attached hydrogen (secondary N) is 3. The highest BCUT2D eigenvalue weighted by molar-refractivity contribution is 7.14. The zero-order chi connectivity index (χ0) is 23.6.